The van der Waals surface area contributed by atoms with E-state index in [0.717, 1.165) is 43.4 Å². The zero-order valence-corrected chi connectivity index (χ0v) is 14.1. The van der Waals surface area contributed by atoms with E-state index in [1.807, 2.05) is 23.1 Å². The standard InChI is InChI=1S/C18H23NO3S/c20-16(21)13-14-7-6-12-19(14)17(22)18(10-4-5-11-18)23-15-8-2-1-3-9-15/h1-3,8-9,14H,4-7,10-13H2,(H,20,21). The SMILES string of the molecule is O=C(O)CC1CCCN1C(=O)C1(Sc2ccccc2)CCCC1. The van der Waals surface area contributed by atoms with Gasteiger partial charge in [0.15, 0.2) is 0 Å². The van der Waals surface area contributed by atoms with Crippen molar-refractivity contribution in [2.24, 2.45) is 0 Å². The first kappa shape index (κ1) is 16.4. The Morgan fingerprint density at radius 1 is 1.17 bits per heavy atom. The summed E-state index contributed by atoms with van der Waals surface area (Å²) < 4.78 is -0.400. The Balaban J connectivity index is 1.80. The summed E-state index contributed by atoms with van der Waals surface area (Å²) >= 11 is 1.68. The molecule has 0 radical (unpaired) electrons. The number of aliphatic carboxylic acids is 1. The van der Waals surface area contributed by atoms with Crippen molar-refractivity contribution in [3.63, 3.8) is 0 Å². The third kappa shape index (κ3) is 3.55. The molecule has 1 aromatic carbocycles. The van der Waals surface area contributed by atoms with Gasteiger partial charge in [-0.25, -0.2) is 0 Å². The summed E-state index contributed by atoms with van der Waals surface area (Å²) in [6.45, 7) is 0.702. The highest BCUT2D eigenvalue weighted by atomic mass is 32.2. The maximum absolute atomic E-state index is 13.3. The monoisotopic (exact) mass is 333 g/mol. The van der Waals surface area contributed by atoms with Crippen LogP contribution in [0.15, 0.2) is 35.2 Å². The van der Waals surface area contributed by atoms with E-state index in [4.69, 9.17) is 5.11 Å². The van der Waals surface area contributed by atoms with Gasteiger partial charge in [0.05, 0.1) is 11.2 Å². The summed E-state index contributed by atoms with van der Waals surface area (Å²) in [6, 6.07) is 9.95. The number of hydrogen-bond acceptors (Lipinski definition) is 3. The van der Waals surface area contributed by atoms with Crippen LogP contribution < -0.4 is 0 Å². The summed E-state index contributed by atoms with van der Waals surface area (Å²) in [4.78, 5) is 27.3. The molecule has 1 unspecified atom stereocenters. The van der Waals surface area contributed by atoms with Gasteiger partial charge in [-0.05, 0) is 37.8 Å². The highest BCUT2D eigenvalue weighted by Crippen LogP contribution is 2.47. The fourth-order valence-electron chi connectivity index (χ4n) is 3.80. The molecule has 2 aliphatic rings. The van der Waals surface area contributed by atoms with E-state index in [1.165, 1.54) is 0 Å². The van der Waals surface area contributed by atoms with Crippen LogP contribution in [0, 0.1) is 0 Å². The Bertz CT molecular complexity index is 569. The van der Waals surface area contributed by atoms with E-state index in [9.17, 15) is 9.59 Å². The van der Waals surface area contributed by atoms with Crippen molar-refractivity contribution in [3.8, 4) is 0 Å². The van der Waals surface area contributed by atoms with E-state index in [-0.39, 0.29) is 18.4 Å². The van der Waals surface area contributed by atoms with Crippen LogP contribution in [0.4, 0.5) is 0 Å². The second-order valence-electron chi connectivity index (χ2n) is 6.51. The van der Waals surface area contributed by atoms with Crippen LogP contribution in [0.25, 0.3) is 0 Å². The number of likely N-dealkylation sites (tertiary alicyclic amines) is 1. The molecule has 4 nitrogen and oxygen atoms in total. The van der Waals surface area contributed by atoms with Crippen molar-refractivity contribution in [1.82, 2.24) is 4.90 Å². The molecule has 1 atom stereocenters. The highest BCUT2D eigenvalue weighted by molar-refractivity contribution is 8.01. The number of hydrogen-bond donors (Lipinski definition) is 1. The molecule has 1 heterocycles. The van der Waals surface area contributed by atoms with Crippen molar-refractivity contribution in [3.05, 3.63) is 30.3 Å². The van der Waals surface area contributed by atoms with Crippen LogP contribution in [0.3, 0.4) is 0 Å². The number of amides is 1. The van der Waals surface area contributed by atoms with Crippen molar-refractivity contribution in [2.75, 3.05) is 6.54 Å². The topological polar surface area (TPSA) is 57.6 Å². The third-order valence-electron chi connectivity index (χ3n) is 4.91. The van der Waals surface area contributed by atoms with Gasteiger partial charge in [-0.1, -0.05) is 31.0 Å². The lowest BCUT2D eigenvalue weighted by molar-refractivity contribution is -0.140. The lowest BCUT2D eigenvalue weighted by Gasteiger charge is -2.34. The molecule has 0 aromatic heterocycles. The largest absolute Gasteiger partial charge is 0.481 e. The highest BCUT2D eigenvalue weighted by Gasteiger charge is 2.47. The smallest absolute Gasteiger partial charge is 0.305 e. The van der Waals surface area contributed by atoms with Gasteiger partial charge in [0, 0.05) is 17.5 Å². The number of rotatable bonds is 5. The number of carbonyl (C=O) groups is 2. The van der Waals surface area contributed by atoms with Gasteiger partial charge in [0.1, 0.15) is 0 Å². The van der Waals surface area contributed by atoms with Crippen LogP contribution in [0.2, 0.25) is 0 Å². The van der Waals surface area contributed by atoms with Gasteiger partial charge < -0.3 is 10.0 Å². The van der Waals surface area contributed by atoms with Crippen molar-refractivity contribution in [1.29, 1.82) is 0 Å². The third-order valence-corrected chi connectivity index (χ3v) is 6.39. The number of carbonyl (C=O) groups excluding carboxylic acids is 1. The average Bonchev–Trinajstić information content (AvgIpc) is 3.17. The summed E-state index contributed by atoms with van der Waals surface area (Å²) in [5, 5.41) is 9.10. The molecule has 124 valence electrons. The first-order valence-electron chi connectivity index (χ1n) is 8.38. The minimum absolute atomic E-state index is 0.0673. The van der Waals surface area contributed by atoms with Crippen LogP contribution in [0.1, 0.15) is 44.9 Å². The molecular weight excluding hydrogens is 310 g/mol. The van der Waals surface area contributed by atoms with Crippen LogP contribution in [-0.2, 0) is 9.59 Å². The molecule has 1 N–H and O–H groups in total. The average molecular weight is 333 g/mol. The Kier molecular flexibility index (Phi) is 4.95. The molecule has 3 rings (SSSR count). The summed E-state index contributed by atoms with van der Waals surface area (Å²) in [6.07, 6.45) is 5.72. The predicted octanol–water partition coefficient (Wildman–Crippen LogP) is 3.56. The molecule has 1 amide bonds. The molecule has 2 fully saturated rings. The first-order chi connectivity index (χ1) is 11.1. The maximum Gasteiger partial charge on any atom is 0.305 e. The molecule has 5 heteroatoms. The summed E-state index contributed by atoms with van der Waals surface area (Å²) in [7, 11) is 0. The zero-order chi connectivity index (χ0) is 16.3. The number of carboxylic acids is 1. The molecule has 1 aromatic rings. The number of thioether (sulfide) groups is 1. The van der Waals surface area contributed by atoms with Crippen molar-refractivity contribution >= 4 is 23.6 Å². The van der Waals surface area contributed by atoms with Crippen molar-refractivity contribution in [2.45, 2.75) is 60.6 Å². The second-order valence-corrected chi connectivity index (χ2v) is 7.97. The Morgan fingerprint density at radius 3 is 2.52 bits per heavy atom. The van der Waals surface area contributed by atoms with Gasteiger partial charge in [-0.2, -0.15) is 0 Å². The molecule has 0 bridgehead atoms. The minimum atomic E-state index is -0.814. The quantitative estimate of drug-likeness (QED) is 0.895. The zero-order valence-electron chi connectivity index (χ0n) is 13.2. The fraction of sp³-hybridized carbons (Fsp3) is 0.556. The minimum Gasteiger partial charge on any atom is -0.481 e. The Morgan fingerprint density at radius 2 is 1.87 bits per heavy atom. The van der Waals surface area contributed by atoms with E-state index >= 15 is 0 Å². The van der Waals surface area contributed by atoms with Gasteiger partial charge in [-0.15, -0.1) is 11.8 Å². The van der Waals surface area contributed by atoms with Crippen molar-refractivity contribution < 1.29 is 14.7 Å². The summed E-state index contributed by atoms with van der Waals surface area (Å²) in [5.74, 6) is -0.654. The molecule has 1 saturated heterocycles. The number of nitrogens with zero attached hydrogens (tertiary/aromatic N) is 1. The molecule has 23 heavy (non-hydrogen) atoms. The predicted molar refractivity (Wildman–Crippen MR) is 90.5 cm³/mol. The van der Waals surface area contributed by atoms with E-state index in [2.05, 4.69) is 12.1 Å². The lowest BCUT2D eigenvalue weighted by atomic mass is 10.0. The van der Waals surface area contributed by atoms with Crippen LogP contribution >= 0.6 is 11.8 Å². The van der Waals surface area contributed by atoms with Gasteiger partial charge in [0.25, 0.3) is 0 Å². The maximum atomic E-state index is 13.3. The molecule has 1 aliphatic heterocycles. The molecule has 1 aliphatic carbocycles. The van der Waals surface area contributed by atoms with E-state index in [1.54, 1.807) is 11.8 Å². The fourth-order valence-corrected chi connectivity index (χ4v) is 5.24. The number of carboxylic acid groups (broad SMARTS) is 1. The van der Waals surface area contributed by atoms with E-state index in [0.29, 0.717) is 6.54 Å². The van der Waals surface area contributed by atoms with Crippen LogP contribution in [-0.4, -0.2) is 39.2 Å². The Labute approximate surface area is 141 Å². The second kappa shape index (κ2) is 6.95. The Hall–Kier alpha value is -1.49. The first-order valence-corrected chi connectivity index (χ1v) is 9.19. The lowest BCUT2D eigenvalue weighted by Crippen LogP contribution is -2.48. The summed E-state index contributed by atoms with van der Waals surface area (Å²) in [5.41, 5.74) is 0. The number of benzene rings is 1. The molecular formula is C18H23NO3S. The van der Waals surface area contributed by atoms with Gasteiger partial charge in [-0.3, -0.25) is 9.59 Å². The molecule has 0 spiro atoms. The molecule has 1 saturated carbocycles. The normalized spacial score (nSPS) is 23.1. The van der Waals surface area contributed by atoms with Crippen LogP contribution in [0.5, 0.6) is 0 Å². The van der Waals surface area contributed by atoms with Gasteiger partial charge >= 0.3 is 5.97 Å². The van der Waals surface area contributed by atoms with Gasteiger partial charge in [0.2, 0.25) is 5.91 Å². The van der Waals surface area contributed by atoms with E-state index < -0.39 is 10.7 Å².